The summed E-state index contributed by atoms with van der Waals surface area (Å²) in [6.45, 7) is 2.76. The van der Waals surface area contributed by atoms with Crippen LogP contribution in [0.4, 0.5) is 0 Å². The first-order valence-electron chi connectivity index (χ1n) is 6.96. The number of aryl methyl sites for hydroxylation is 1. The van der Waals surface area contributed by atoms with Gasteiger partial charge in [0.25, 0.3) is 0 Å². The van der Waals surface area contributed by atoms with E-state index in [9.17, 15) is 13.2 Å². The summed E-state index contributed by atoms with van der Waals surface area (Å²) in [6.07, 6.45) is 0.196. The topological polar surface area (TPSA) is 79.4 Å². The first kappa shape index (κ1) is 15.9. The van der Waals surface area contributed by atoms with E-state index in [1.54, 1.807) is 11.9 Å². The number of aromatic nitrogens is 1. The number of sulfone groups is 1. The third-order valence-corrected chi connectivity index (χ3v) is 5.23. The maximum absolute atomic E-state index is 12.2. The minimum absolute atomic E-state index is 0.0370. The van der Waals surface area contributed by atoms with Crippen LogP contribution in [0.25, 0.3) is 0 Å². The third-order valence-electron chi connectivity index (χ3n) is 3.49. The summed E-state index contributed by atoms with van der Waals surface area (Å²) in [5.74, 6) is 0.114. The SMILES string of the molecule is Cc1cccc(CN(C)C(=O)CC2CS(=O)(=O)CCN2)n1. The molecule has 0 aliphatic carbocycles. The quantitative estimate of drug-likeness (QED) is 0.855. The molecule has 1 N–H and O–H groups in total. The van der Waals surface area contributed by atoms with E-state index >= 15 is 0 Å². The summed E-state index contributed by atoms with van der Waals surface area (Å²) in [4.78, 5) is 18.1. The maximum atomic E-state index is 12.2. The zero-order valence-corrected chi connectivity index (χ0v) is 13.2. The Hall–Kier alpha value is -1.47. The van der Waals surface area contributed by atoms with E-state index < -0.39 is 9.84 Å². The number of pyridine rings is 1. The smallest absolute Gasteiger partial charge is 0.224 e. The average Bonchev–Trinajstić information content (AvgIpc) is 2.37. The molecule has 1 aromatic rings. The van der Waals surface area contributed by atoms with Crippen molar-refractivity contribution < 1.29 is 13.2 Å². The molecule has 6 nitrogen and oxygen atoms in total. The highest BCUT2D eigenvalue weighted by molar-refractivity contribution is 7.91. The van der Waals surface area contributed by atoms with Crippen LogP contribution in [0.2, 0.25) is 0 Å². The first-order chi connectivity index (χ1) is 9.85. The van der Waals surface area contributed by atoms with Crippen molar-refractivity contribution in [2.24, 2.45) is 0 Å². The van der Waals surface area contributed by atoms with Gasteiger partial charge in [-0.3, -0.25) is 9.78 Å². The van der Waals surface area contributed by atoms with Crippen molar-refractivity contribution in [1.82, 2.24) is 15.2 Å². The highest BCUT2D eigenvalue weighted by Crippen LogP contribution is 2.08. The van der Waals surface area contributed by atoms with Crippen LogP contribution in [-0.2, 0) is 21.2 Å². The van der Waals surface area contributed by atoms with Crippen LogP contribution < -0.4 is 5.32 Å². The molecule has 1 aromatic heterocycles. The molecule has 21 heavy (non-hydrogen) atoms. The van der Waals surface area contributed by atoms with Crippen molar-refractivity contribution >= 4 is 15.7 Å². The number of carbonyl (C=O) groups excluding carboxylic acids is 1. The summed E-state index contributed by atoms with van der Waals surface area (Å²) in [5.41, 5.74) is 1.74. The van der Waals surface area contributed by atoms with Gasteiger partial charge in [0.1, 0.15) is 0 Å². The molecule has 0 aromatic carbocycles. The van der Waals surface area contributed by atoms with Crippen LogP contribution in [0.5, 0.6) is 0 Å². The van der Waals surface area contributed by atoms with Crippen molar-refractivity contribution in [2.45, 2.75) is 25.9 Å². The van der Waals surface area contributed by atoms with Crippen LogP contribution in [-0.4, -0.2) is 55.3 Å². The van der Waals surface area contributed by atoms with Gasteiger partial charge in [0.05, 0.1) is 23.7 Å². The minimum Gasteiger partial charge on any atom is -0.340 e. The van der Waals surface area contributed by atoms with Gasteiger partial charge in [-0.15, -0.1) is 0 Å². The summed E-state index contributed by atoms with van der Waals surface area (Å²) < 4.78 is 23.1. The molecule has 0 radical (unpaired) electrons. The maximum Gasteiger partial charge on any atom is 0.224 e. The molecule has 1 saturated heterocycles. The van der Waals surface area contributed by atoms with Gasteiger partial charge in [-0.1, -0.05) is 6.07 Å². The Morgan fingerprint density at radius 1 is 1.48 bits per heavy atom. The lowest BCUT2D eigenvalue weighted by Crippen LogP contribution is -2.47. The fraction of sp³-hybridized carbons (Fsp3) is 0.571. The molecule has 2 rings (SSSR count). The molecule has 1 fully saturated rings. The van der Waals surface area contributed by atoms with Crippen molar-refractivity contribution in [3.63, 3.8) is 0 Å². The summed E-state index contributed by atoms with van der Waals surface area (Å²) in [7, 11) is -1.30. The Bertz CT molecular complexity index is 616. The Morgan fingerprint density at radius 2 is 2.24 bits per heavy atom. The lowest BCUT2D eigenvalue weighted by Gasteiger charge is -2.25. The van der Waals surface area contributed by atoms with Crippen molar-refractivity contribution in [3.8, 4) is 0 Å². The molecule has 0 bridgehead atoms. The largest absolute Gasteiger partial charge is 0.340 e. The summed E-state index contributed by atoms with van der Waals surface area (Å²) >= 11 is 0. The van der Waals surface area contributed by atoms with Gasteiger partial charge in [-0.25, -0.2) is 8.42 Å². The zero-order valence-electron chi connectivity index (χ0n) is 12.4. The number of amides is 1. The van der Waals surface area contributed by atoms with Crippen LogP contribution >= 0.6 is 0 Å². The minimum atomic E-state index is -3.01. The molecule has 7 heteroatoms. The number of rotatable bonds is 4. The fourth-order valence-electron chi connectivity index (χ4n) is 2.38. The molecule has 2 heterocycles. The standard InChI is InChI=1S/C14H21N3O3S/c1-11-4-3-5-12(16-11)9-17(2)14(18)8-13-10-21(19,20)7-6-15-13/h3-5,13,15H,6-10H2,1-2H3. The molecule has 1 amide bonds. The molecule has 1 atom stereocenters. The lowest BCUT2D eigenvalue weighted by molar-refractivity contribution is -0.130. The number of hydrogen-bond donors (Lipinski definition) is 1. The van der Waals surface area contributed by atoms with Gasteiger partial charge in [-0.2, -0.15) is 0 Å². The highest BCUT2D eigenvalue weighted by Gasteiger charge is 2.26. The van der Waals surface area contributed by atoms with E-state index in [0.717, 1.165) is 11.4 Å². The van der Waals surface area contributed by atoms with Gasteiger partial charge < -0.3 is 10.2 Å². The van der Waals surface area contributed by atoms with E-state index in [-0.39, 0.29) is 29.9 Å². The van der Waals surface area contributed by atoms with Crippen molar-refractivity contribution in [1.29, 1.82) is 0 Å². The second kappa shape index (κ2) is 6.53. The number of carbonyl (C=O) groups is 1. The Labute approximate surface area is 125 Å². The lowest BCUT2D eigenvalue weighted by atomic mass is 10.2. The van der Waals surface area contributed by atoms with E-state index in [2.05, 4.69) is 10.3 Å². The van der Waals surface area contributed by atoms with Gasteiger partial charge in [-0.05, 0) is 19.1 Å². The summed E-state index contributed by atoms with van der Waals surface area (Å²) in [6, 6.07) is 5.40. The van der Waals surface area contributed by atoms with E-state index in [1.165, 1.54) is 0 Å². The molecule has 1 aliphatic rings. The zero-order chi connectivity index (χ0) is 15.5. The van der Waals surface area contributed by atoms with Crippen molar-refractivity contribution in [2.75, 3.05) is 25.1 Å². The molecular weight excluding hydrogens is 290 g/mol. The van der Waals surface area contributed by atoms with Gasteiger partial charge in [0.15, 0.2) is 9.84 Å². The first-order valence-corrected chi connectivity index (χ1v) is 8.78. The monoisotopic (exact) mass is 311 g/mol. The van der Waals surface area contributed by atoms with Crippen molar-refractivity contribution in [3.05, 3.63) is 29.6 Å². The van der Waals surface area contributed by atoms with E-state index in [1.807, 2.05) is 25.1 Å². The molecule has 0 spiro atoms. The predicted molar refractivity (Wildman–Crippen MR) is 80.5 cm³/mol. The van der Waals surface area contributed by atoms with Crippen LogP contribution in [0.1, 0.15) is 17.8 Å². The normalized spacial score (nSPS) is 21.0. The van der Waals surface area contributed by atoms with E-state index in [4.69, 9.17) is 0 Å². The molecule has 116 valence electrons. The molecule has 1 unspecified atom stereocenters. The number of nitrogens with zero attached hydrogens (tertiary/aromatic N) is 2. The molecule has 0 saturated carbocycles. The highest BCUT2D eigenvalue weighted by atomic mass is 32.2. The van der Waals surface area contributed by atoms with Gasteiger partial charge in [0.2, 0.25) is 5.91 Å². The number of hydrogen-bond acceptors (Lipinski definition) is 5. The third kappa shape index (κ3) is 4.78. The van der Waals surface area contributed by atoms with Gasteiger partial charge >= 0.3 is 0 Å². The fourth-order valence-corrected chi connectivity index (χ4v) is 3.83. The molecular formula is C14H21N3O3S. The molecule has 1 aliphatic heterocycles. The van der Waals surface area contributed by atoms with E-state index in [0.29, 0.717) is 13.1 Å². The predicted octanol–water partition coefficient (Wildman–Crippen LogP) is 0.125. The van der Waals surface area contributed by atoms with Crippen LogP contribution in [0, 0.1) is 6.92 Å². The Kier molecular flexibility index (Phi) is 4.95. The summed E-state index contributed by atoms with van der Waals surface area (Å²) in [5, 5.41) is 3.09. The van der Waals surface area contributed by atoms with Gasteiger partial charge in [0, 0.05) is 31.7 Å². The van der Waals surface area contributed by atoms with Crippen LogP contribution in [0.3, 0.4) is 0 Å². The Balaban J connectivity index is 1.90. The number of nitrogens with one attached hydrogen (secondary N) is 1. The van der Waals surface area contributed by atoms with Crippen LogP contribution in [0.15, 0.2) is 18.2 Å². The second-order valence-corrected chi connectivity index (χ2v) is 7.72. The second-order valence-electron chi connectivity index (χ2n) is 5.49. The Morgan fingerprint density at radius 3 is 2.90 bits per heavy atom. The average molecular weight is 311 g/mol.